The van der Waals surface area contributed by atoms with Crippen molar-refractivity contribution >= 4 is 18.0 Å². The largest absolute Gasteiger partial charge is 0.478 e. The van der Waals surface area contributed by atoms with Gasteiger partial charge in [-0.2, -0.15) is 0 Å². The number of para-hydroxylation sites is 1. The van der Waals surface area contributed by atoms with Crippen molar-refractivity contribution in [1.82, 2.24) is 9.80 Å². The third kappa shape index (κ3) is 2.83. The molecule has 0 fully saturated rings. The van der Waals surface area contributed by atoms with Crippen molar-refractivity contribution in [2.24, 2.45) is 0 Å². The topological polar surface area (TPSA) is 51.2 Å². The Labute approximate surface area is 181 Å². The predicted molar refractivity (Wildman–Crippen MR) is 120 cm³/mol. The second-order valence-electron chi connectivity index (χ2n) is 8.41. The van der Waals surface area contributed by atoms with Crippen LogP contribution in [0.1, 0.15) is 11.1 Å². The molecule has 0 N–H and O–H groups in total. The van der Waals surface area contributed by atoms with Crippen LogP contribution in [0.3, 0.4) is 0 Å². The van der Waals surface area contributed by atoms with Crippen molar-refractivity contribution in [2.75, 3.05) is 27.6 Å². The van der Waals surface area contributed by atoms with Crippen LogP contribution in [0, 0.1) is 0 Å². The molecule has 1 atom stereocenters. The molecule has 7 heteroatoms. The van der Waals surface area contributed by atoms with E-state index < -0.39 is 7.37 Å². The van der Waals surface area contributed by atoms with E-state index in [9.17, 15) is 4.57 Å². The summed E-state index contributed by atoms with van der Waals surface area (Å²) < 4.78 is 33.3. The van der Waals surface area contributed by atoms with E-state index in [1.54, 1.807) is 0 Å². The Morgan fingerprint density at radius 2 is 1.45 bits per heavy atom. The zero-order valence-corrected chi connectivity index (χ0v) is 18.4. The van der Waals surface area contributed by atoms with Gasteiger partial charge in [0.05, 0.1) is 10.6 Å². The normalized spacial score (nSPS) is 22.1. The highest BCUT2D eigenvalue weighted by molar-refractivity contribution is 7.75. The molecule has 3 aliphatic heterocycles. The SMILES string of the molecule is CN1COc2cc(P3(=O)Oc4ccccc4-c4ccccc43)c3c(c2C1)CN(C)CO3. The van der Waals surface area contributed by atoms with Crippen LogP contribution in [0.5, 0.6) is 17.2 Å². The van der Waals surface area contributed by atoms with Gasteiger partial charge in [0.15, 0.2) is 0 Å². The lowest BCUT2D eigenvalue weighted by molar-refractivity contribution is 0.105. The Balaban J connectivity index is 1.62. The van der Waals surface area contributed by atoms with Crippen LogP contribution in [0.25, 0.3) is 11.1 Å². The third-order valence-corrected chi connectivity index (χ3v) is 8.55. The zero-order valence-electron chi connectivity index (χ0n) is 17.5. The predicted octanol–water partition coefficient (Wildman–Crippen LogP) is 3.54. The molecule has 0 saturated carbocycles. The smallest absolute Gasteiger partial charge is 0.311 e. The Bertz CT molecular complexity index is 1260. The highest BCUT2D eigenvalue weighted by Crippen LogP contribution is 2.56. The summed E-state index contributed by atoms with van der Waals surface area (Å²) in [5.41, 5.74) is 4.02. The molecule has 3 aromatic rings. The van der Waals surface area contributed by atoms with Crippen molar-refractivity contribution in [3.05, 3.63) is 65.7 Å². The quantitative estimate of drug-likeness (QED) is 0.546. The van der Waals surface area contributed by atoms with Crippen molar-refractivity contribution in [3.8, 4) is 28.4 Å². The number of hydrogen-bond donors (Lipinski definition) is 0. The van der Waals surface area contributed by atoms with Crippen LogP contribution in [0.15, 0.2) is 54.6 Å². The van der Waals surface area contributed by atoms with Gasteiger partial charge in [0.25, 0.3) is 0 Å². The summed E-state index contributed by atoms with van der Waals surface area (Å²) in [4.78, 5) is 4.21. The van der Waals surface area contributed by atoms with Crippen molar-refractivity contribution in [1.29, 1.82) is 0 Å². The van der Waals surface area contributed by atoms with E-state index in [4.69, 9.17) is 14.0 Å². The minimum Gasteiger partial charge on any atom is -0.478 e. The second-order valence-corrected chi connectivity index (χ2v) is 10.7. The highest BCUT2D eigenvalue weighted by Gasteiger charge is 2.43. The molecule has 0 radical (unpaired) electrons. The first-order valence-electron chi connectivity index (χ1n) is 10.4. The molecule has 31 heavy (non-hydrogen) atoms. The van der Waals surface area contributed by atoms with Crippen LogP contribution < -0.4 is 24.6 Å². The fraction of sp³-hybridized carbons (Fsp3) is 0.250. The summed E-state index contributed by atoms with van der Waals surface area (Å²) in [5.74, 6) is 2.07. The Kier molecular flexibility index (Phi) is 4.19. The van der Waals surface area contributed by atoms with Gasteiger partial charge in [-0.1, -0.05) is 36.4 Å². The van der Waals surface area contributed by atoms with E-state index in [0.717, 1.165) is 34.5 Å². The van der Waals surface area contributed by atoms with Gasteiger partial charge >= 0.3 is 7.37 Å². The number of rotatable bonds is 1. The van der Waals surface area contributed by atoms with Gasteiger partial charge in [-0.05, 0) is 37.9 Å². The fourth-order valence-electron chi connectivity index (χ4n) is 4.65. The molecule has 3 aromatic carbocycles. The van der Waals surface area contributed by atoms with E-state index in [0.29, 0.717) is 42.1 Å². The lowest BCUT2D eigenvalue weighted by atomic mass is 10.0. The lowest BCUT2D eigenvalue weighted by Crippen LogP contribution is -2.37. The summed E-state index contributed by atoms with van der Waals surface area (Å²) in [7, 11) is 0.571. The minimum atomic E-state index is -3.47. The van der Waals surface area contributed by atoms with Crippen molar-refractivity contribution < 1.29 is 18.6 Å². The molecule has 0 bridgehead atoms. The van der Waals surface area contributed by atoms with Gasteiger partial charge in [-0.15, -0.1) is 0 Å². The van der Waals surface area contributed by atoms with Crippen LogP contribution >= 0.6 is 7.37 Å². The molecule has 0 amide bonds. The maximum atomic E-state index is 14.7. The average molecular weight is 434 g/mol. The van der Waals surface area contributed by atoms with Crippen molar-refractivity contribution in [2.45, 2.75) is 13.1 Å². The Morgan fingerprint density at radius 1 is 0.774 bits per heavy atom. The molecule has 0 saturated heterocycles. The number of nitrogens with zero attached hydrogens (tertiary/aromatic N) is 2. The summed E-state index contributed by atoms with van der Waals surface area (Å²) in [5, 5.41) is 1.28. The lowest BCUT2D eigenvalue weighted by Gasteiger charge is -2.36. The molecular weight excluding hydrogens is 411 g/mol. The standard InChI is InChI=1S/C24H23N2O4P/c1-25-12-18-19-13-26(2)15-29-24(19)23(11-21(18)28-14-25)31(27)22-10-6-4-8-17(22)16-7-3-5-9-20(16)30-31/h3-11H,12-15H2,1-2H3. The highest BCUT2D eigenvalue weighted by atomic mass is 31.2. The van der Waals surface area contributed by atoms with E-state index in [2.05, 4.69) is 9.80 Å². The number of ether oxygens (including phenoxy) is 2. The van der Waals surface area contributed by atoms with Gasteiger partial charge in [0.1, 0.15) is 30.7 Å². The maximum absolute atomic E-state index is 14.7. The Hall–Kier alpha value is -2.79. The van der Waals surface area contributed by atoms with Gasteiger partial charge in [0.2, 0.25) is 0 Å². The minimum absolute atomic E-state index is 0.438. The molecule has 158 valence electrons. The first-order valence-corrected chi connectivity index (χ1v) is 12.0. The molecule has 0 aliphatic carbocycles. The number of fused-ring (bicyclic) bond motifs is 6. The summed E-state index contributed by atoms with van der Waals surface area (Å²) in [6.07, 6.45) is 0. The second kappa shape index (κ2) is 6.86. The van der Waals surface area contributed by atoms with E-state index in [-0.39, 0.29) is 0 Å². The molecule has 3 heterocycles. The first-order chi connectivity index (χ1) is 15.0. The van der Waals surface area contributed by atoms with Crippen LogP contribution in [0.2, 0.25) is 0 Å². The molecule has 6 nitrogen and oxygen atoms in total. The van der Waals surface area contributed by atoms with Crippen LogP contribution in [-0.4, -0.2) is 37.4 Å². The molecule has 6 rings (SSSR count). The van der Waals surface area contributed by atoms with Gasteiger partial charge in [0, 0.05) is 29.8 Å². The molecule has 3 aliphatic rings. The summed E-state index contributed by atoms with van der Waals surface area (Å²) >= 11 is 0. The molecule has 1 unspecified atom stereocenters. The van der Waals surface area contributed by atoms with E-state index >= 15 is 0 Å². The van der Waals surface area contributed by atoms with E-state index in [1.807, 2.05) is 68.7 Å². The summed E-state index contributed by atoms with van der Waals surface area (Å²) in [6, 6.07) is 17.4. The van der Waals surface area contributed by atoms with Crippen molar-refractivity contribution in [3.63, 3.8) is 0 Å². The monoisotopic (exact) mass is 434 g/mol. The number of benzene rings is 3. The zero-order chi connectivity index (χ0) is 21.2. The maximum Gasteiger partial charge on any atom is 0.311 e. The number of hydrogen-bond acceptors (Lipinski definition) is 6. The van der Waals surface area contributed by atoms with E-state index in [1.165, 1.54) is 0 Å². The van der Waals surface area contributed by atoms with Gasteiger partial charge in [-0.25, -0.2) is 0 Å². The molecular formula is C24H23N2O4P. The van der Waals surface area contributed by atoms with Crippen LogP contribution in [0.4, 0.5) is 0 Å². The van der Waals surface area contributed by atoms with Gasteiger partial charge in [-0.3, -0.25) is 14.4 Å². The third-order valence-electron chi connectivity index (χ3n) is 6.10. The Morgan fingerprint density at radius 3 is 2.29 bits per heavy atom. The fourth-order valence-corrected chi connectivity index (χ4v) is 7.09. The average Bonchev–Trinajstić information content (AvgIpc) is 2.79. The van der Waals surface area contributed by atoms with Gasteiger partial charge < -0.3 is 14.0 Å². The molecule has 0 aromatic heterocycles. The first kappa shape index (κ1) is 18.9. The molecule has 0 spiro atoms. The summed E-state index contributed by atoms with van der Waals surface area (Å²) in [6.45, 7) is 2.40. The van der Waals surface area contributed by atoms with Crippen LogP contribution in [-0.2, 0) is 17.7 Å².